The lowest BCUT2D eigenvalue weighted by Gasteiger charge is -2.29. The first-order valence-corrected chi connectivity index (χ1v) is 8.21. The molecule has 3 rings (SSSR count). The third kappa shape index (κ3) is 3.18. The average molecular weight is 326 g/mol. The summed E-state index contributed by atoms with van der Waals surface area (Å²) in [6, 6.07) is 3.97. The van der Waals surface area contributed by atoms with Crippen molar-refractivity contribution < 1.29 is 4.79 Å². The molecule has 2 atom stereocenters. The van der Waals surface area contributed by atoms with Crippen molar-refractivity contribution in [2.24, 2.45) is 0 Å². The van der Waals surface area contributed by atoms with Gasteiger partial charge in [0.15, 0.2) is 0 Å². The van der Waals surface area contributed by atoms with Crippen molar-refractivity contribution in [3.8, 4) is 0 Å². The average Bonchev–Trinajstić information content (AvgIpc) is 2.89. The number of carbonyl (C=O) groups is 1. The molecule has 2 saturated heterocycles. The van der Waals surface area contributed by atoms with Gasteiger partial charge in [-0.2, -0.15) is 0 Å². The summed E-state index contributed by atoms with van der Waals surface area (Å²) in [7, 11) is 0. The minimum Gasteiger partial charge on any atom is -0.349 e. The van der Waals surface area contributed by atoms with Crippen LogP contribution >= 0.6 is 12.4 Å². The fraction of sp³-hybridized carbons (Fsp3) is 0.706. The van der Waals surface area contributed by atoms with Crippen molar-refractivity contribution in [2.45, 2.75) is 77.5 Å². The van der Waals surface area contributed by atoms with Crippen LogP contribution in [0.1, 0.15) is 67.3 Å². The Morgan fingerprint density at radius 3 is 2.36 bits per heavy atom. The summed E-state index contributed by atoms with van der Waals surface area (Å²) in [6.07, 6.45) is 4.67. The molecule has 0 aliphatic carbocycles. The fourth-order valence-electron chi connectivity index (χ4n) is 4.24. The van der Waals surface area contributed by atoms with E-state index >= 15 is 0 Å². The highest BCUT2D eigenvalue weighted by Gasteiger charge is 2.34. The summed E-state index contributed by atoms with van der Waals surface area (Å²) < 4.78 is 2.24. The first-order valence-electron chi connectivity index (χ1n) is 8.21. The van der Waals surface area contributed by atoms with Gasteiger partial charge < -0.3 is 15.2 Å². The summed E-state index contributed by atoms with van der Waals surface area (Å²) in [5.41, 5.74) is 3.09. The van der Waals surface area contributed by atoms with Gasteiger partial charge in [0, 0.05) is 35.6 Å². The number of halogens is 1. The van der Waals surface area contributed by atoms with Gasteiger partial charge in [-0.15, -0.1) is 12.4 Å². The predicted octanol–water partition coefficient (Wildman–Crippen LogP) is 3.12. The molecule has 1 aromatic rings. The molecule has 1 amide bonds. The van der Waals surface area contributed by atoms with Gasteiger partial charge in [-0.25, -0.2) is 0 Å². The zero-order valence-electron chi connectivity index (χ0n) is 14.0. The van der Waals surface area contributed by atoms with Gasteiger partial charge in [0.2, 0.25) is 0 Å². The van der Waals surface area contributed by atoms with E-state index in [9.17, 15) is 4.79 Å². The Balaban J connectivity index is 0.00000176. The Morgan fingerprint density at radius 2 is 1.86 bits per heavy atom. The van der Waals surface area contributed by atoms with Crippen molar-refractivity contribution in [1.29, 1.82) is 0 Å². The number of nitrogens with one attached hydrogen (secondary N) is 2. The topological polar surface area (TPSA) is 46.1 Å². The number of carbonyl (C=O) groups excluding carboxylic acids is 1. The smallest absolute Gasteiger partial charge is 0.253 e. The van der Waals surface area contributed by atoms with E-state index in [1.807, 2.05) is 13.0 Å². The van der Waals surface area contributed by atoms with Crippen LogP contribution in [0.3, 0.4) is 0 Å². The monoisotopic (exact) mass is 325 g/mol. The van der Waals surface area contributed by atoms with Crippen molar-refractivity contribution >= 4 is 18.3 Å². The van der Waals surface area contributed by atoms with Crippen LogP contribution in [0.15, 0.2) is 6.07 Å². The second kappa shape index (κ2) is 6.63. The van der Waals surface area contributed by atoms with Crippen LogP contribution in [0.2, 0.25) is 0 Å². The van der Waals surface area contributed by atoms with Crippen molar-refractivity contribution in [3.05, 3.63) is 23.0 Å². The van der Waals surface area contributed by atoms with Gasteiger partial charge in [0.1, 0.15) is 0 Å². The highest BCUT2D eigenvalue weighted by atomic mass is 35.5. The van der Waals surface area contributed by atoms with E-state index in [-0.39, 0.29) is 18.3 Å². The van der Waals surface area contributed by atoms with Gasteiger partial charge >= 0.3 is 0 Å². The van der Waals surface area contributed by atoms with E-state index in [4.69, 9.17) is 0 Å². The summed E-state index contributed by atoms with van der Waals surface area (Å²) in [5, 5.41) is 6.88. The van der Waals surface area contributed by atoms with E-state index in [0.29, 0.717) is 24.2 Å². The van der Waals surface area contributed by atoms with E-state index in [1.54, 1.807) is 0 Å². The molecule has 2 aliphatic heterocycles. The number of aryl methyl sites for hydroxylation is 1. The number of hydrogen-bond donors (Lipinski definition) is 2. The van der Waals surface area contributed by atoms with Gasteiger partial charge in [-0.3, -0.25) is 4.79 Å². The van der Waals surface area contributed by atoms with Crippen molar-refractivity contribution in [3.63, 3.8) is 0 Å². The van der Waals surface area contributed by atoms with Crippen LogP contribution in [-0.2, 0) is 0 Å². The molecule has 2 unspecified atom stereocenters. The molecular formula is C17H28ClN3O. The lowest BCUT2D eigenvalue weighted by molar-refractivity contribution is 0.0923. The maximum atomic E-state index is 12.6. The lowest BCUT2D eigenvalue weighted by atomic mass is 9.99. The number of fused-ring (bicyclic) bond motifs is 2. The number of piperidine rings is 1. The molecule has 2 fully saturated rings. The van der Waals surface area contributed by atoms with Crippen LogP contribution in [0, 0.1) is 13.8 Å². The molecule has 0 aromatic carbocycles. The molecule has 2 N–H and O–H groups in total. The molecule has 2 bridgehead atoms. The van der Waals surface area contributed by atoms with Crippen LogP contribution in [0.5, 0.6) is 0 Å². The molecule has 2 aliphatic rings. The summed E-state index contributed by atoms with van der Waals surface area (Å²) in [6.45, 7) is 8.45. The molecule has 5 heteroatoms. The molecule has 1 aromatic heterocycles. The van der Waals surface area contributed by atoms with Crippen LogP contribution < -0.4 is 10.6 Å². The Bertz CT molecular complexity index is 540. The van der Waals surface area contributed by atoms with Gasteiger partial charge in [-0.1, -0.05) is 0 Å². The highest BCUT2D eigenvalue weighted by Crippen LogP contribution is 2.27. The maximum Gasteiger partial charge on any atom is 0.253 e. The molecular weight excluding hydrogens is 298 g/mol. The quantitative estimate of drug-likeness (QED) is 0.897. The van der Waals surface area contributed by atoms with E-state index in [1.165, 1.54) is 12.8 Å². The lowest BCUT2D eigenvalue weighted by Crippen LogP contribution is -2.48. The van der Waals surface area contributed by atoms with Crippen LogP contribution in [0.25, 0.3) is 0 Å². The third-order valence-electron chi connectivity index (χ3n) is 5.05. The Labute approximate surface area is 139 Å². The normalized spacial score (nSPS) is 26.9. The first kappa shape index (κ1) is 17.4. The zero-order valence-corrected chi connectivity index (χ0v) is 14.8. The van der Waals surface area contributed by atoms with Crippen LogP contribution in [0.4, 0.5) is 0 Å². The number of rotatable bonds is 3. The fourth-order valence-corrected chi connectivity index (χ4v) is 4.24. The Hall–Kier alpha value is -1.000. The molecule has 124 valence electrons. The SMILES string of the molecule is Cc1cc(C(=O)NC2CC3CCC(C2)N3)c(C)n1C(C)C.Cl. The second-order valence-corrected chi connectivity index (χ2v) is 7.03. The zero-order chi connectivity index (χ0) is 15.1. The Kier molecular flexibility index (Phi) is 5.23. The minimum absolute atomic E-state index is 0. The van der Waals surface area contributed by atoms with E-state index in [2.05, 4.69) is 36.0 Å². The summed E-state index contributed by atoms with van der Waals surface area (Å²) in [4.78, 5) is 12.6. The summed E-state index contributed by atoms with van der Waals surface area (Å²) in [5.74, 6) is 0.0984. The molecule has 4 nitrogen and oxygen atoms in total. The predicted molar refractivity (Wildman–Crippen MR) is 92.0 cm³/mol. The van der Waals surface area contributed by atoms with E-state index in [0.717, 1.165) is 29.8 Å². The number of aromatic nitrogens is 1. The van der Waals surface area contributed by atoms with Gasteiger partial charge in [0.25, 0.3) is 5.91 Å². The number of amides is 1. The molecule has 22 heavy (non-hydrogen) atoms. The first-order chi connectivity index (χ1) is 9.95. The van der Waals surface area contributed by atoms with Crippen molar-refractivity contribution in [1.82, 2.24) is 15.2 Å². The Morgan fingerprint density at radius 1 is 1.27 bits per heavy atom. The summed E-state index contributed by atoms with van der Waals surface area (Å²) >= 11 is 0. The molecule has 3 heterocycles. The van der Waals surface area contributed by atoms with Gasteiger partial charge in [0.05, 0.1) is 5.56 Å². The number of nitrogens with zero attached hydrogens (tertiary/aromatic N) is 1. The maximum absolute atomic E-state index is 12.6. The van der Waals surface area contributed by atoms with Crippen molar-refractivity contribution in [2.75, 3.05) is 0 Å². The largest absolute Gasteiger partial charge is 0.349 e. The highest BCUT2D eigenvalue weighted by molar-refractivity contribution is 5.96. The molecule has 0 radical (unpaired) electrons. The third-order valence-corrected chi connectivity index (χ3v) is 5.05. The second-order valence-electron chi connectivity index (χ2n) is 7.03. The number of hydrogen-bond acceptors (Lipinski definition) is 2. The standard InChI is InChI=1S/C17H27N3O.ClH/c1-10(2)20-11(3)7-16(12(20)4)17(21)19-15-8-13-5-6-14(9-15)18-13;/h7,10,13-15,18H,5-6,8-9H2,1-4H3,(H,19,21);1H. The molecule has 0 saturated carbocycles. The van der Waals surface area contributed by atoms with Gasteiger partial charge in [-0.05, 0) is 59.4 Å². The molecule has 0 spiro atoms. The minimum atomic E-state index is 0. The van der Waals surface area contributed by atoms with Crippen LogP contribution in [-0.4, -0.2) is 28.6 Å². The van der Waals surface area contributed by atoms with E-state index < -0.39 is 0 Å².